The van der Waals surface area contributed by atoms with E-state index in [1.54, 1.807) is 13.0 Å². The molecule has 0 saturated carbocycles. The van der Waals surface area contributed by atoms with Crippen molar-refractivity contribution in [3.63, 3.8) is 0 Å². The minimum absolute atomic E-state index is 0.321. The van der Waals surface area contributed by atoms with Crippen LogP contribution < -0.4 is 5.32 Å². The smallest absolute Gasteiger partial charge is 0.333 e. The van der Waals surface area contributed by atoms with E-state index in [-0.39, 0.29) is 5.97 Å². The second kappa shape index (κ2) is 6.96. The van der Waals surface area contributed by atoms with E-state index in [1.165, 1.54) is 0 Å². The molecular weight excluding hydrogens is 274 g/mol. The van der Waals surface area contributed by atoms with Gasteiger partial charge < -0.3 is 10.1 Å². The number of hydrogen-bond acceptors (Lipinski definition) is 3. The second-order valence-electron chi connectivity index (χ2n) is 4.22. The number of anilines is 1. The molecule has 0 aliphatic heterocycles. The van der Waals surface area contributed by atoms with E-state index in [2.05, 4.69) is 5.32 Å². The summed E-state index contributed by atoms with van der Waals surface area (Å²) in [6.45, 7) is 2.13. The summed E-state index contributed by atoms with van der Waals surface area (Å²) >= 11 is 6.12. The zero-order valence-corrected chi connectivity index (χ0v) is 11.9. The summed E-state index contributed by atoms with van der Waals surface area (Å²) in [5, 5.41) is 3.71. The molecule has 20 heavy (non-hydrogen) atoms. The molecule has 2 aromatic rings. The van der Waals surface area contributed by atoms with Crippen LogP contribution in [-0.4, -0.2) is 12.6 Å². The van der Waals surface area contributed by atoms with Gasteiger partial charge in [0.05, 0.1) is 17.3 Å². The Morgan fingerprint density at radius 3 is 2.45 bits per heavy atom. The van der Waals surface area contributed by atoms with Crippen molar-refractivity contribution in [2.75, 3.05) is 11.9 Å². The Kier molecular flexibility index (Phi) is 5.02. The van der Waals surface area contributed by atoms with Crippen LogP contribution in [0, 0.1) is 0 Å². The van der Waals surface area contributed by atoms with Crippen molar-refractivity contribution in [3.05, 3.63) is 65.2 Å². The van der Waals surface area contributed by atoms with Gasteiger partial charge >= 0.3 is 5.97 Å². The second-order valence-corrected chi connectivity index (χ2v) is 4.63. The third kappa shape index (κ3) is 3.52. The van der Waals surface area contributed by atoms with Gasteiger partial charge in [-0.2, -0.15) is 0 Å². The zero-order valence-electron chi connectivity index (χ0n) is 11.2. The highest BCUT2D eigenvalue weighted by Gasteiger charge is 2.22. The van der Waals surface area contributed by atoms with Gasteiger partial charge in [-0.25, -0.2) is 4.79 Å². The first-order chi connectivity index (χ1) is 9.72. The maximum Gasteiger partial charge on any atom is 0.333 e. The Balaban J connectivity index is 2.28. The summed E-state index contributed by atoms with van der Waals surface area (Å²) in [7, 11) is 0. The minimum Gasteiger partial charge on any atom is -0.464 e. The summed E-state index contributed by atoms with van der Waals surface area (Å²) in [6.07, 6.45) is 0. The topological polar surface area (TPSA) is 38.3 Å². The average Bonchev–Trinajstić information content (AvgIpc) is 2.47. The molecule has 0 amide bonds. The molecule has 1 atom stereocenters. The van der Waals surface area contributed by atoms with Crippen molar-refractivity contribution in [1.29, 1.82) is 0 Å². The number of nitrogens with one attached hydrogen (secondary N) is 1. The number of benzene rings is 2. The van der Waals surface area contributed by atoms with E-state index in [0.29, 0.717) is 17.3 Å². The SMILES string of the molecule is CCOC(=O)C(Nc1ccccc1Cl)c1ccccc1. The molecule has 0 spiro atoms. The number of halogens is 1. The quantitative estimate of drug-likeness (QED) is 0.844. The predicted molar refractivity (Wildman–Crippen MR) is 80.9 cm³/mol. The maximum absolute atomic E-state index is 12.1. The number of hydrogen-bond donors (Lipinski definition) is 1. The lowest BCUT2D eigenvalue weighted by atomic mass is 10.1. The third-order valence-electron chi connectivity index (χ3n) is 2.83. The largest absolute Gasteiger partial charge is 0.464 e. The van der Waals surface area contributed by atoms with Crippen LogP contribution in [0.4, 0.5) is 5.69 Å². The normalized spacial score (nSPS) is 11.7. The lowest BCUT2D eigenvalue weighted by Gasteiger charge is -2.19. The molecule has 0 aliphatic rings. The molecule has 0 heterocycles. The molecule has 0 saturated heterocycles. The van der Waals surface area contributed by atoms with Gasteiger partial charge in [0.1, 0.15) is 0 Å². The molecule has 1 N–H and O–H groups in total. The maximum atomic E-state index is 12.1. The van der Waals surface area contributed by atoms with Crippen LogP contribution in [0.2, 0.25) is 5.02 Å². The fraction of sp³-hybridized carbons (Fsp3) is 0.188. The van der Waals surface area contributed by atoms with Gasteiger partial charge in [0, 0.05) is 0 Å². The van der Waals surface area contributed by atoms with Gasteiger partial charge in [0.25, 0.3) is 0 Å². The molecule has 0 radical (unpaired) electrons. The molecule has 4 heteroatoms. The first kappa shape index (κ1) is 14.4. The van der Waals surface area contributed by atoms with Crippen LogP contribution in [0.25, 0.3) is 0 Å². The highest BCUT2D eigenvalue weighted by Crippen LogP contribution is 2.26. The van der Waals surface area contributed by atoms with Crippen LogP contribution in [-0.2, 0) is 9.53 Å². The molecule has 0 aromatic heterocycles. The first-order valence-corrected chi connectivity index (χ1v) is 6.83. The van der Waals surface area contributed by atoms with Crippen molar-refractivity contribution in [2.24, 2.45) is 0 Å². The highest BCUT2D eigenvalue weighted by atomic mass is 35.5. The predicted octanol–water partition coefficient (Wildman–Crippen LogP) is 4.06. The Morgan fingerprint density at radius 2 is 1.80 bits per heavy atom. The number of rotatable bonds is 5. The van der Waals surface area contributed by atoms with E-state index in [4.69, 9.17) is 16.3 Å². The highest BCUT2D eigenvalue weighted by molar-refractivity contribution is 6.33. The van der Waals surface area contributed by atoms with Crippen LogP contribution in [0.1, 0.15) is 18.5 Å². The van der Waals surface area contributed by atoms with Crippen LogP contribution in [0.3, 0.4) is 0 Å². The molecule has 104 valence electrons. The van der Waals surface area contributed by atoms with E-state index in [1.807, 2.05) is 48.5 Å². The Labute approximate surface area is 123 Å². The van der Waals surface area contributed by atoms with E-state index < -0.39 is 6.04 Å². The van der Waals surface area contributed by atoms with E-state index in [9.17, 15) is 4.79 Å². The fourth-order valence-corrected chi connectivity index (χ4v) is 2.07. The van der Waals surface area contributed by atoms with Gasteiger partial charge in [0.2, 0.25) is 0 Å². The molecular formula is C16H16ClNO2. The van der Waals surface area contributed by atoms with Gasteiger partial charge in [-0.3, -0.25) is 0 Å². The summed E-state index contributed by atoms with van der Waals surface area (Å²) in [5.74, 6) is -0.321. The average molecular weight is 290 g/mol. The number of esters is 1. The molecule has 0 bridgehead atoms. The van der Waals surface area contributed by atoms with Crippen molar-refractivity contribution in [3.8, 4) is 0 Å². The third-order valence-corrected chi connectivity index (χ3v) is 3.16. The molecule has 0 aliphatic carbocycles. The van der Waals surface area contributed by atoms with Crippen LogP contribution in [0.15, 0.2) is 54.6 Å². The van der Waals surface area contributed by atoms with Gasteiger partial charge in [-0.15, -0.1) is 0 Å². The van der Waals surface area contributed by atoms with Crippen molar-refractivity contribution >= 4 is 23.3 Å². The standard InChI is InChI=1S/C16H16ClNO2/c1-2-20-16(19)15(12-8-4-3-5-9-12)18-14-11-7-6-10-13(14)17/h3-11,15,18H,2H2,1H3. The van der Waals surface area contributed by atoms with Gasteiger partial charge in [0.15, 0.2) is 6.04 Å². The molecule has 1 unspecified atom stereocenters. The number of carbonyl (C=O) groups is 1. The first-order valence-electron chi connectivity index (χ1n) is 6.45. The minimum atomic E-state index is -0.573. The fourth-order valence-electron chi connectivity index (χ4n) is 1.88. The number of para-hydroxylation sites is 1. The zero-order chi connectivity index (χ0) is 14.4. The molecule has 3 nitrogen and oxygen atoms in total. The molecule has 0 fully saturated rings. The number of carbonyl (C=O) groups excluding carboxylic acids is 1. The van der Waals surface area contributed by atoms with E-state index >= 15 is 0 Å². The Hall–Kier alpha value is -2.00. The lowest BCUT2D eigenvalue weighted by Crippen LogP contribution is -2.23. The Morgan fingerprint density at radius 1 is 1.15 bits per heavy atom. The lowest BCUT2D eigenvalue weighted by molar-refractivity contribution is -0.144. The molecule has 2 aromatic carbocycles. The Bertz CT molecular complexity index is 572. The monoisotopic (exact) mass is 289 g/mol. The summed E-state index contributed by atoms with van der Waals surface area (Å²) in [4.78, 5) is 12.1. The van der Waals surface area contributed by atoms with Crippen molar-refractivity contribution in [1.82, 2.24) is 0 Å². The van der Waals surface area contributed by atoms with Crippen LogP contribution in [0.5, 0.6) is 0 Å². The van der Waals surface area contributed by atoms with Gasteiger partial charge in [-0.05, 0) is 24.6 Å². The summed E-state index contributed by atoms with van der Waals surface area (Å²) < 4.78 is 5.13. The summed E-state index contributed by atoms with van der Waals surface area (Å²) in [5.41, 5.74) is 1.54. The number of ether oxygens (including phenoxy) is 1. The van der Waals surface area contributed by atoms with Crippen LogP contribution >= 0.6 is 11.6 Å². The summed E-state index contributed by atoms with van der Waals surface area (Å²) in [6, 6.07) is 16.2. The van der Waals surface area contributed by atoms with E-state index in [0.717, 1.165) is 5.56 Å². The molecule has 2 rings (SSSR count). The van der Waals surface area contributed by atoms with Crippen molar-refractivity contribution in [2.45, 2.75) is 13.0 Å². The van der Waals surface area contributed by atoms with Crippen molar-refractivity contribution < 1.29 is 9.53 Å². The van der Waals surface area contributed by atoms with Gasteiger partial charge in [-0.1, -0.05) is 54.1 Å².